The van der Waals surface area contributed by atoms with Gasteiger partial charge in [-0.05, 0) is 30.7 Å². The number of ether oxygens (including phenoxy) is 1. The van der Waals surface area contributed by atoms with Crippen molar-refractivity contribution < 1.29 is 19.1 Å². The second-order valence-electron chi connectivity index (χ2n) is 4.44. The van der Waals surface area contributed by atoms with Gasteiger partial charge in [-0.2, -0.15) is 5.26 Å². The van der Waals surface area contributed by atoms with Crippen LogP contribution in [-0.4, -0.2) is 47.8 Å². The van der Waals surface area contributed by atoms with Crippen LogP contribution < -0.4 is 4.74 Å². The minimum absolute atomic E-state index is 0.129. The molecule has 0 N–H and O–H groups in total. The molecular formula is C14H13N3O4. The molecule has 1 aliphatic heterocycles. The van der Waals surface area contributed by atoms with Gasteiger partial charge in [-0.25, -0.2) is 4.79 Å². The quantitative estimate of drug-likeness (QED) is 0.453. The van der Waals surface area contributed by atoms with Crippen LogP contribution in [0, 0.1) is 11.3 Å². The maximum absolute atomic E-state index is 11.6. The van der Waals surface area contributed by atoms with Crippen LogP contribution in [-0.2, 0) is 9.59 Å². The van der Waals surface area contributed by atoms with Crippen molar-refractivity contribution in [3.8, 4) is 11.8 Å². The second-order valence-corrected chi connectivity index (χ2v) is 4.44. The predicted octanol–water partition coefficient (Wildman–Crippen LogP) is 0.748. The van der Waals surface area contributed by atoms with Gasteiger partial charge in [0.2, 0.25) is 0 Å². The van der Waals surface area contributed by atoms with E-state index in [0.29, 0.717) is 24.3 Å². The molecule has 1 saturated heterocycles. The van der Waals surface area contributed by atoms with Gasteiger partial charge in [-0.3, -0.25) is 19.4 Å². The first-order valence-electron chi connectivity index (χ1n) is 6.31. The topological polar surface area (TPSA) is 90.7 Å². The van der Waals surface area contributed by atoms with E-state index in [0.717, 1.165) is 9.80 Å². The van der Waals surface area contributed by atoms with Gasteiger partial charge in [-0.15, -0.1) is 0 Å². The number of amides is 4. The molecule has 0 aromatic heterocycles. The summed E-state index contributed by atoms with van der Waals surface area (Å²) in [4.78, 5) is 36.1. The van der Waals surface area contributed by atoms with Crippen LogP contribution in [0.15, 0.2) is 24.3 Å². The Kier molecular flexibility index (Phi) is 4.18. The van der Waals surface area contributed by atoms with Crippen molar-refractivity contribution in [1.82, 2.24) is 9.80 Å². The molecule has 0 bridgehead atoms. The first-order valence-corrected chi connectivity index (χ1v) is 6.31. The summed E-state index contributed by atoms with van der Waals surface area (Å²) in [6.07, 6.45) is 0.415. The van der Waals surface area contributed by atoms with Crippen LogP contribution >= 0.6 is 0 Å². The largest absolute Gasteiger partial charge is 0.494 e. The second kappa shape index (κ2) is 6.05. The van der Waals surface area contributed by atoms with Crippen molar-refractivity contribution in [3.63, 3.8) is 0 Å². The number of carbonyl (C=O) groups is 3. The lowest BCUT2D eigenvalue weighted by molar-refractivity contribution is -0.142. The molecule has 0 spiro atoms. The summed E-state index contributed by atoms with van der Waals surface area (Å²) < 4.78 is 5.43. The maximum Gasteiger partial charge on any atom is 0.333 e. The van der Waals surface area contributed by atoms with Crippen molar-refractivity contribution >= 4 is 17.8 Å². The number of hydrogen-bond donors (Lipinski definition) is 0. The summed E-state index contributed by atoms with van der Waals surface area (Å²) in [5.41, 5.74) is 0.539. The smallest absolute Gasteiger partial charge is 0.333 e. The van der Waals surface area contributed by atoms with E-state index < -0.39 is 17.8 Å². The van der Waals surface area contributed by atoms with E-state index >= 15 is 0 Å². The normalized spacial score (nSPS) is 14.6. The predicted molar refractivity (Wildman–Crippen MR) is 71.1 cm³/mol. The number of likely N-dealkylation sites (N-methyl/N-ethyl adjacent to an activating group) is 1. The zero-order valence-electron chi connectivity index (χ0n) is 11.4. The van der Waals surface area contributed by atoms with E-state index in [9.17, 15) is 14.4 Å². The lowest BCUT2D eigenvalue weighted by atomic mass is 10.2. The lowest BCUT2D eigenvalue weighted by Gasteiger charge is -2.13. The van der Waals surface area contributed by atoms with Crippen molar-refractivity contribution in [2.75, 3.05) is 20.2 Å². The number of benzene rings is 1. The summed E-state index contributed by atoms with van der Waals surface area (Å²) in [6, 6.07) is 8.00. The van der Waals surface area contributed by atoms with Gasteiger partial charge in [0.25, 0.3) is 0 Å². The van der Waals surface area contributed by atoms with Crippen molar-refractivity contribution in [1.29, 1.82) is 5.26 Å². The molecule has 7 nitrogen and oxygen atoms in total. The molecule has 108 valence electrons. The number of nitriles is 1. The van der Waals surface area contributed by atoms with Gasteiger partial charge in [0.15, 0.2) is 0 Å². The molecule has 21 heavy (non-hydrogen) atoms. The molecule has 2 rings (SSSR count). The molecule has 0 unspecified atom stereocenters. The van der Waals surface area contributed by atoms with Gasteiger partial charge < -0.3 is 4.74 Å². The maximum atomic E-state index is 11.6. The highest BCUT2D eigenvalue weighted by Crippen LogP contribution is 2.13. The molecule has 1 aliphatic rings. The summed E-state index contributed by atoms with van der Waals surface area (Å²) in [5, 5.41) is 8.66. The molecule has 1 heterocycles. The number of carbonyl (C=O) groups excluding carboxylic acids is 3. The van der Waals surface area contributed by atoms with Gasteiger partial charge in [-0.1, -0.05) is 0 Å². The molecule has 0 saturated carbocycles. The summed E-state index contributed by atoms with van der Waals surface area (Å²) in [5.74, 6) is -1.02. The Balaban J connectivity index is 1.80. The highest BCUT2D eigenvalue weighted by atomic mass is 16.5. The summed E-state index contributed by atoms with van der Waals surface area (Å²) in [7, 11) is 1.27. The van der Waals surface area contributed by atoms with Crippen LogP contribution in [0.25, 0.3) is 0 Å². The van der Waals surface area contributed by atoms with Crippen molar-refractivity contribution in [2.24, 2.45) is 0 Å². The highest BCUT2D eigenvalue weighted by molar-refractivity contribution is 6.44. The average molecular weight is 287 g/mol. The Labute approximate surface area is 121 Å². The molecule has 0 aliphatic carbocycles. The minimum atomic E-state index is -0.812. The van der Waals surface area contributed by atoms with E-state index in [1.807, 2.05) is 6.07 Å². The van der Waals surface area contributed by atoms with Crippen LogP contribution in [0.3, 0.4) is 0 Å². The van der Waals surface area contributed by atoms with Crippen molar-refractivity contribution in [2.45, 2.75) is 6.42 Å². The zero-order valence-corrected chi connectivity index (χ0v) is 11.4. The highest BCUT2D eigenvalue weighted by Gasteiger charge is 2.41. The first-order chi connectivity index (χ1) is 10.0. The van der Waals surface area contributed by atoms with Gasteiger partial charge in [0.05, 0.1) is 18.2 Å². The van der Waals surface area contributed by atoms with Gasteiger partial charge in [0.1, 0.15) is 5.75 Å². The molecule has 4 amide bonds. The van der Waals surface area contributed by atoms with Crippen LogP contribution in [0.4, 0.5) is 4.79 Å². The number of rotatable bonds is 5. The summed E-state index contributed by atoms with van der Waals surface area (Å²) >= 11 is 0. The Hall–Kier alpha value is -2.88. The van der Waals surface area contributed by atoms with E-state index in [2.05, 4.69) is 0 Å². The minimum Gasteiger partial charge on any atom is -0.494 e. The Morgan fingerprint density at radius 1 is 1.14 bits per heavy atom. The average Bonchev–Trinajstić information content (AvgIpc) is 2.69. The molecule has 1 aromatic rings. The van der Waals surface area contributed by atoms with Crippen LogP contribution in [0.5, 0.6) is 5.75 Å². The van der Waals surface area contributed by atoms with Gasteiger partial charge in [0, 0.05) is 13.6 Å². The van der Waals surface area contributed by atoms with Gasteiger partial charge >= 0.3 is 17.8 Å². The number of hydrogen-bond acceptors (Lipinski definition) is 5. The molecule has 7 heteroatoms. The third kappa shape index (κ3) is 3.00. The van der Waals surface area contributed by atoms with E-state index in [1.165, 1.54) is 7.05 Å². The fourth-order valence-electron chi connectivity index (χ4n) is 1.85. The van der Waals surface area contributed by atoms with E-state index in [1.54, 1.807) is 24.3 Å². The molecular weight excluding hydrogens is 274 g/mol. The Morgan fingerprint density at radius 2 is 1.81 bits per heavy atom. The molecule has 1 aromatic carbocycles. The lowest BCUT2D eigenvalue weighted by Crippen LogP contribution is -2.33. The fraction of sp³-hybridized carbons (Fsp3) is 0.286. The monoisotopic (exact) mass is 287 g/mol. The van der Waals surface area contributed by atoms with E-state index in [-0.39, 0.29) is 6.54 Å². The standard InChI is InChI=1S/C14H13N3O4/c1-16-12(18)13(19)17(14(16)20)7-2-8-21-11-5-3-10(9-15)4-6-11/h3-6H,2,7-8H2,1H3. The molecule has 0 radical (unpaired) electrons. The first kappa shape index (κ1) is 14.5. The van der Waals surface area contributed by atoms with Crippen LogP contribution in [0.2, 0.25) is 0 Å². The molecule has 1 fully saturated rings. The van der Waals surface area contributed by atoms with E-state index in [4.69, 9.17) is 10.00 Å². The third-order valence-electron chi connectivity index (χ3n) is 3.03. The molecule has 0 atom stereocenters. The Bertz CT molecular complexity index is 618. The SMILES string of the molecule is CN1C(=O)C(=O)N(CCCOc2ccc(C#N)cc2)C1=O. The fourth-order valence-corrected chi connectivity index (χ4v) is 1.85. The Morgan fingerprint density at radius 3 is 2.33 bits per heavy atom. The third-order valence-corrected chi connectivity index (χ3v) is 3.03. The zero-order chi connectivity index (χ0) is 15.4. The number of nitrogens with zero attached hydrogens (tertiary/aromatic N) is 3. The van der Waals surface area contributed by atoms with Crippen LogP contribution in [0.1, 0.15) is 12.0 Å². The number of imide groups is 2. The number of urea groups is 1. The summed E-state index contributed by atoms with van der Waals surface area (Å²) in [6.45, 7) is 0.422. The van der Waals surface area contributed by atoms with Crippen molar-refractivity contribution in [3.05, 3.63) is 29.8 Å².